The van der Waals surface area contributed by atoms with E-state index in [1.165, 1.54) is 193 Å². The number of unbranched alkanes of at least 4 members (excludes halogenated alkanes) is 40. The fourth-order valence-electron chi connectivity index (χ4n) is 10.4. The number of carbonyl (C=O) groups excluding carboxylic acids is 3. The molecule has 0 amide bonds. The molecule has 3 N–H and O–H groups in total. The fraction of sp³-hybridized carbons (Fsp3) is 0.881. The van der Waals surface area contributed by atoms with Crippen LogP contribution in [0.2, 0.25) is 0 Å². The van der Waals surface area contributed by atoms with Crippen LogP contribution in [0.5, 0.6) is 0 Å². The summed E-state index contributed by atoms with van der Waals surface area (Å²) in [5.74, 6) is -3.09. The topological polar surface area (TPSA) is 175 Å². The number of esters is 3. The molecule has 12 nitrogen and oxygen atoms in total. The first kappa shape index (κ1) is 74.2. The van der Waals surface area contributed by atoms with E-state index in [-0.39, 0.29) is 25.9 Å². The largest absolute Gasteiger partial charge is 0.479 e. The van der Waals surface area contributed by atoms with E-state index in [1.54, 1.807) is 0 Å². The summed E-state index contributed by atoms with van der Waals surface area (Å²) >= 11 is 0. The van der Waals surface area contributed by atoms with Gasteiger partial charge in [0.1, 0.15) is 18.8 Å². The Labute approximate surface area is 483 Å². The van der Waals surface area contributed by atoms with Gasteiger partial charge in [-0.1, -0.05) is 263 Å². The third kappa shape index (κ3) is 45.4. The number of hydrogen-bond donors (Lipinski definition) is 3. The maximum atomic E-state index is 13.2. The predicted molar refractivity (Wildman–Crippen MR) is 322 cm³/mol. The molecule has 1 aliphatic heterocycles. The summed E-state index contributed by atoms with van der Waals surface area (Å²) in [5.41, 5.74) is 0. The summed E-state index contributed by atoms with van der Waals surface area (Å²) in [7, 11) is 0. The Hall–Kier alpha value is -2.80. The van der Waals surface area contributed by atoms with Gasteiger partial charge < -0.3 is 39.0 Å². The van der Waals surface area contributed by atoms with Crippen molar-refractivity contribution in [1.82, 2.24) is 0 Å². The maximum absolute atomic E-state index is 13.2. The van der Waals surface area contributed by atoms with Crippen LogP contribution in [0, 0.1) is 0 Å². The van der Waals surface area contributed by atoms with E-state index in [0.717, 1.165) is 77.0 Å². The predicted octanol–water partition coefficient (Wildman–Crippen LogP) is 17.8. The van der Waals surface area contributed by atoms with Crippen molar-refractivity contribution in [3.63, 3.8) is 0 Å². The molecule has 1 rings (SSSR count). The number of carbonyl (C=O) groups is 4. The fourth-order valence-corrected chi connectivity index (χ4v) is 10.4. The van der Waals surface area contributed by atoms with Gasteiger partial charge in [0.15, 0.2) is 24.6 Å². The van der Waals surface area contributed by atoms with E-state index >= 15 is 0 Å². The summed E-state index contributed by atoms with van der Waals surface area (Å²) in [6.07, 6.45) is 52.8. The number of aliphatic hydroxyl groups excluding tert-OH is 2. The van der Waals surface area contributed by atoms with E-state index < -0.39 is 67.3 Å². The molecule has 0 radical (unpaired) electrons. The first-order chi connectivity index (χ1) is 38.6. The molecule has 12 heteroatoms. The first-order valence-electron chi connectivity index (χ1n) is 33.3. The number of aliphatic hydroxyl groups is 2. The highest BCUT2D eigenvalue weighted by atomic mass is 16.7. The summed E-state index contributed by atoms with van der Waals surface area (Å²) < 4.78 is 28.6. The van der Waals surface area contributed by atoms with Crippen LogP contribution in [0.3, 0.4) is 0 Å². The quantitative estimate of drug-likeness (QED) is 0.0228. The van der Waals surface area contributed by atoms with E-state index in [4.69, 9.17) is 23.7 Å². The van der Waals surface area contributed by atoms with Crippen molar-refractivity contribution >= 4 is 23.9 Å². The zero-order chi connectivity index (χ0) is 57.5. The van der Waals surface area contributed by atoms with E-state index in [1.807, 2.05) is 0 Å². The highest BCUT2D eigenvalue weighted by Crippen LogP contribution is 2.27. The highest BCUT2D eigenvalue weighted by Gasteiger charge is 2.50. The van der Waals surface area contributed by atoms with E-state index in [2.05, 4.69) is 45.1 Å². The average Bonchev–Trinajstić information content (AvgIpc) is 3.46. The standard InChI is InChI=1S/C67H122O12/c1-4-7-10-13-16-19-22-25-28-29-30-31-34-35-38-41-44-47-50-53-59(68)75-56-58(77-60(69)54-51-48-45-42-39-36-32-26-23-20-17-14-11-8-5-2)57-76-67-65(63(72)62(71)64(79-67)66(73)74)78-61(70)55-52-49-46-43-40-37-33-27-24-21-18-15-12-9-6-3/h25,27-28,33,58,62-65,67,71-72H,4-24,26,29-32,34-57H2,1-3H3,(H,73,74)/b28-25-,33-27-. The Kier molecular flexibility index (Phi) is 52.3. The van der Waals surface area contributed by atoms with E-state index in [9.17, 15) is 34.5 Å². The van der Waals surface area contributed by atoms with Crippen molar-refractivity contribution in [3.05, 3.63) is 24.3 Å². The number of carboxylic acids is 1. The van der Waals surface area contributed by atoms with Crippen LogP contribution in [-0.4, -0.2) is 89.2 Å². The lowest BCUT2D eigenvalue weighted by molar-refractivity contribution is -0.301. The molecule has 1 fully saturated rings. The van der Waals surface area contributed by atoms with Gasteiger partial charge >= 0.3 is 23.9 Å². The molecule has 6 atom stereocenters. The average molecular weight is 1120 g/mol. The lowest BCUT2D eigenvalue weighted by Crippen LogP contribution is -2.61. The van der Waals surface area contributed by atoms with Crippen molar-refractivity contribution in [3.8, 4) is 0 Å². The number of aliphatic carboxylic acids is 1. The van der Waals surface area contributed by atoms with Gasteiger partial charge in [0.2, 0.25) is 0 Å². The monoisotopic (exact) mass is 1120 g/mol. The lowest BCUT2D eigenvalue weighted by Gasteiger charge is -2.40. The summed E-state index contributed by atoms with van der Waals surface area (Å²) in [6, 6.07) is 0. The molecule has 6 unspecified atom stereocenters. The van der Waals surface area contributed by atoms with Crippen molar-refractivity contribution in [1.29, 1.82) is 0 Å². The van der Waals surface area contributed by atoms with Crippen LogP contribution >= 0.6 is 0 Å². The van der Waals surface area contributed by atoms with Gasteiger partial charge in [-0.25, -0.2) is 4.79 Å². The van der Waals surface area contributed by atoms with Gasteiger partial charge in [-0.3, -0.25) is 14.4 Å². The zero-order valence-corrected chi connectivity index (χ0v) is 51.1. The minimum atomic E-state index is -1.90. The van der Waals surface area contributed by atoms with Crippen molar-refractivity contribution in [2.24, 2.45) is 0 Å². The number of carboxylic acid groups (broad SMARTS) is 1. The molecule has 0 aromatic rings. The van der Waals surface area contributed by atoms with Gasteiger partial charge in [-0.15, -0.1) is 0 Å². The van der Waals surface area contributed by atoms with Crippen LogP contribution in [-0.2, 0) is 42.9 Å². The number of hydrogen-bond acceptors (Lipinski definition) is 11. The minimum absolute atomic E-state index is 0.0553. The zero-order valence-electron chi connectivity index (χ0n) is 51.1. The Morgan fingerprint density at radius 3 is 1.08 bits per heavy atom. The van der Waals surface area contributed by atoms with Crippen molar-refractivity contribution in [2.75, 3.05) is 13.2 Å². The lowest BCUT2D eigenvalue weighted by atomic mass is 9.98. The molecule has 1 heterocycles. The Balaban J connectivity index is 2.63. The first-order valence-corrected chi connectivity index (χ1v) is 33.3. The van der Waals surface area contributed by atoms with Crippen LogP contribution in [0.1, 0.15) is 329 Å². The second kappa shape index (κ2) is 55.7. The Bertz CT molecular complexity index is 1470. The Morgan fingerprint density at radius 1 is 0.405 bits per heavy atom. The molecule has 79 heavy (non-hydrogen) atoms. The summed E-state index contributed by atoms with van der Waals surface area (Å²) in [6.45, 7) is 6.04. The van der Waals surface area contributed by atoms with Crippen LogP contribution in [0.4, 0.5) is 0 Å². The summed E-state index contributed by atoms with van der Waals surface area (Å²) in [4.78, 5) is 51.3. The van der Waals surface area contributed by atoms with Crippen molar-refractivity contribution < 1.29 is 58.2 Å². The molecule has 1 aliphatic rings. The van der Waals surface area contributed by atoms with Gasteiger partial charge in [0.05, 0.1) is 6.61 Å². The molecule has 462 valence electrons. The molecule has 1 saturated heterocycles. The number of ether oxygens (including phenoxy) is 5. The number of rotatable bonds is 58. The maximum Gasteiger partial charge on any atom is 0.335 e. The molecule has 0 bridgehead atoms. The van der Waals surface area contributed by atoms with Gasteiger partial charge in [-0.05, 0) is 70.6 Å². The third-order valence-electron chi connectivity index (χ3n) is 15.5. The smallest absolute Gasteiger partial charge is 0.335 e. The van der Waals surface area contributed by atoms with Crippen LogP contribution in [0.25, 0.3) is 0 Å². The highest BCUT2D eigenvalue weighted by molar-refractivity contribution is 5.74. The van der Waals surface area contributed by atoms with Gasteiger partial charge in [-0.2, -0.15) is 0 Å². The van der Waals surface area contributed by atoms with Crippen LogP contribution < -0.4 is 0 Å². The Morgan fingerprint density at radius 2 is 0.722 bits per heavy atom. The second-order valence-electron chi connectivity index (χ2n) is 23.1. The van der Waals surface area contributed by atoms with Crippen molar-refractivity contribution in [2.45, 2.75) is 366 Å². The van der Waals surface area contributed by atoms with E-state index in [0.29, 0.717) is 19.3 Å². The SMILES string of the molecule is CCCCCCCC/C=C\CCCCCCCCCCCC(=O)OCC(COC1OC(C(=O)O)C(O)C(O)C1OC(=O)CCCCCCC/C=C\CCCCCCCC)OC(=O)CCCCCCCCCCCCCCCCC. The normalized spacial score (nSPS) is 17.9. The molecule has 0 aromatic carbocycles. The van der Waals surface area contributed by atoms with Gasteiger partial charge in [0.25, 0.3) is 0 Å². The van der Waals surface area contributed by atoms with Gasteiger partial charge in [0, 0.05) is 19.3 Å². The molecule has 0 saturated carbocycles. The molecular weight excluding hydrogens is 997 g/mol. The minimum Gasteiger partial charge on any atom is -0.479 e. The second-order valence-corrected chi connectivity index (χ2v) is 23.1. The van der Waals surface area contributed by atoms with Crippen LogP contribution in [0.15, 0.2) is 24.3 Å². The molecule has 0 aliphatic carbocycles. The molecular formula is C67H122O12. The number of allylic oxidation sites excluding steroid dienone is 4. The molecule has 0 aromatic heterocycles. The third-order valence-corrected chi connectivity index (χ3v) is 15.5. The summed E-state index contributed by atoms with van der Waals surface area (Å²) in [5, 5.41) is 31.6. The molecule has 0 spiro atoms.